The van der Waals surface area contributed by atoms with E-state index in [2.05, 4.69) is 15.9 Å². The van der Waals surface area contributed by atoms with Gasteiger partial charge in [0, 0.05) is 11.2 Å². The third-order valence-electron chi connectivity index (χ3n) is 2.43. The molecule has 1 unspecified atom stereocenters. The fourth-order valence-electron chi connectivity index (χ4n) is 1.28. The van der Waals surface area contributed by atoms with E-state index in [0.29, 0.717) is 6.61 Å². The summed E-state index contributed by atoms with van der Waals surface area (Å²) in [6, 6.07) is 0. The Morgan fingerprint density at radius 1 is 1.56 bits per heavy atom. The number of rotatable bonds is 5. The van der Waals surface area contributed by atoms with Crippen LogP contribution in [0.5, 0.6) is 0 Å². The van der Waals surface area contributed by atoms with Gasteiger partial charge in [0.25, 0.3) is 0 Å². The summed E-state index contributed by atoms with van der Waals surface area (Å²) in [5.74, 6) is -0.704. The van der Waals surface area contributed by atoms with Crippen LogP contribution in [0.15, 0.2) is 0 Å². The highest BCUT2D eigenvalue weighted by Gasteiger charge is 2.31. The lowest BCUT2D eigenvalue weighted by molar-refractivity contribution is -0.152. The second-order valence-corrected chi connectivity index (χ2v) is 4.42. The Morgan fingerprint density at radius 2 is 2.19 bits per heavy atom. The summed E-state index contributed by atoms with van der Waals surface area (Å²) in [6.07, 6.45) is 0.116. The molecule has 0 N–H and O–H groups in total. The number of carbonyl (C=O) groups is 2. The molecule has 0 aromatic carbocycles. The molecule has 6 heteroatoms. The third kappa shape index (κ3) is 4.00. The number of cyclic esters (lactones) is 2. The van der Waals surface area contributed by atoms with Crippen LogP contribution in [0.3, 0.4) is 0 Å². The zero-order valence-corrected chi connectivity index (χ0v) is 10.7. The van der Waals surface area contributed by atoms with Crippen LogP contribution in [-0.4, -0.2) is 37.3 Å². The third-order valence-corrected chi connectivity index (χ3v) is 2.99. The fraction of sp³-hybridized carbons (Fsp3) is 0.800. The van der Waals surface area contributed by atoms with Gasteiger partial charge >= 0.3 is 12.1 Å². The maximum Gasteiger partial charge on any atom is 0.508 e. The molecule has 0 spiro atoms. The molecule has 1 rings (SSSR count). The van der Waals surface area contributed by atoms with Gasteiger partial charge in [-0.15, -0.1) is 0 Å². The molecule has 0 bridgehead atoms. The standard InChI is InChI=1S/C10H15BrO5/c1-7(9(12)14-4-2-3-11)8-5-15-10(13)16-6-8/h7-8H,2-6H2,1H3. The van der Waals surface area contributed by atoms with Crippen LogP contribution in [0.2, 0.25) is 0 Å². The molecule has 0 saturated carbocycles. The van der Waals surface area contributed by atoms with Crippen molar-refractivity contribution < 1.29 is 23.8 Å². The Bertz CT molecular complexity index is 246. The summed E-state index contributed by atoms with van der Waals surface area (Å²) in [5, 5.41) is 0.804. The smallest absolute Gasteiger partial charge is 0.465 e. The quantitative estimate of drug-likeness (QED) is 0.439. The highest BCUT2D eigenvalue weighted by Crippen LogP contribution is 2.18. The van der Waals surface area contributed by atoms with Gasteiger partial charge in [-0.05, 0) is 6.42 Å². The van der Waals surface area contributed by atoms with E-state index in [1.54, 1.807) is 6.92 Å². The summed E-state index contributed by atoms with van der Waals surface area (Å²) in [4.78, 5) is 22.2. The van der Waals surface area contributed by atoms with E-state index in [1.165, 1.54) is 0 Å². The monoisotopic (exact) mass is 294 g/mol. The molecule has 0 aliphatic carbocycles. The number of esters is 1. The van der Waals surface area contributed by atoms with E-state index < -0.39 is 6.16 Å². The average molecular weight is 295 g/mol. The fourth-order valence-corrected chi connectivity index (χ4v) is 1.51. The van der Waals surface area contributed by atoms with Gasteiger partial charge in [-0.2, -0.15) is 0 Å². The normalized spacial score (nSPS) is 18.5. The van der Waals surface area contributed by atoms with E-state index in [-0.39, 0.29) is 31.0 Å². The van der Waals surface area contributed by atoms with E-state index >= 15 is 0 Å². The summed E-state index contributed by atoms with van der Waals surface area (Å²) < 4.78 is 14.5. The lowest BCUT2D eigenvalue weighted by atomic mass is 9.95. The van der Waals surface area contributed by atoms with Crippen molar-refractivity contribution in [3.63, 3.8) is 0 Å². The summed E-state index contributed by atoms with van der Waals surface area (Å²) in [7, 11) is 0. The molecular weight excluding hydrogens is 280 g/mol. The number of ether oxygens (including phenoxy) is 3. The van der Waals surface area contributed by atoms with Crippen LogP contribution in [-0.2, 0) is 19.0 Å². The molecular formula is C10H15BrO5. The molecule has 1 saturated heterocycles. The van der Waals surface area contributed by atoms with Gasteiger partial charge in [-0.25, -0.2) is 4.79 Å². The van der Waals surface area contributed by atoms with Gasteiger partial charge in [0.2, 0.25) is 0 Å². The minimum Gasteiger partial charge on any atom is -0.465 e. The molecule has 1 fully saturated rings. The Kier molecular flexibility index (Phi) is 5.59. The van der Waals surface area contributed by atoms with Gasteiger partial charge < -0.3 is 14.2 Å². The molecule has 0 aromatic rings. The Morgan fingerprint density at radius 3 is 2.75 bits per heavy atom. The molecule has 0 aromatic heterocycles. The van der Waals surface area contributed by atoms with Crippen LogP contribution in [0.25, 0.3) is 0 Å². The molecule has 5 nitrogen and oxygen atoms in total. The van der Waals surface area contributed by atoms with Crippen LogP contribution in [0.4, 0.5) is 4.79 Å². The van der Waals surface area contributed by atoms with Gasteiger partial charge in [0.1, 0.15) is 13.2 Å². The van der Waals surface area contributed by atoms with Crippen LogP contribution >= 0.6 is 15.9 Å². The Balaban J connectivity index is 2.29. The van der Waals surface area contributed by atoms with Crippen molar-refractivity contribution in [2.24, 2.45) is 11.8 Å². The SMILES string of the molecule is CC(C(=O)OCCCBr)C1COC(=O)OC1. The molecule has 1 heterocycles. The van der Waals surface area contributed by atoms with Crippen molar-refractivity contribution in [1.29, 1.82) is 0 Å². The largest absolute Gasteiger partial charge is 0.508 e. The van der Waals surface area contributed by atoms with E-state index in [9.17, 15) is 9.59 Å². The summed E-state index contributed by atoms with van der Waals surface area (Å²) in [5.41, 5.74) is 0. The van der Waals surface area contributed by atoms with Crippen molar-refractivity contribution in [2.75, 3.05) is 25.2 Å². The highest BCUT2D eigenvalue weighted by atomic mass is 79.9. The molecule has 0 radical (unpaired) electrons. The van der Waals surface area contributed by atoms with Crippen molar-refractivity contribution in [1.82, 2.24) is 0 Å². The van der Waals surface area contributed by atoms with Crippen molar-refractivity contribution >= 4 is 28.1 Å². The van der Waals surface area contributed by atoms with Crippen LogP contribution in [0, 0.1) is 11.8 Å². The minimum absolute atomic E-state index is 0.117. The highest BCUT2D eigenvalue weighted by molar-refractivity contribution is 9.09. The lowest BCUT2D eigenvalue weighted by Gasteiger charge is -2.25. The minimum atomic E-state index is -0.670. The van der Waals surface area contributed by atoms with Gasteiger partial charge in [-0.3, -0.25) is 4.79 Å². The summed E-state index contributed by atoms with van der Waals surface area (Å²) in [6.45, 7) is 2.59. The first-order valence-corrected chi connectivity index (χ1v) is 6.29. The van der Waals surface area contributed by atoms with Gasteiger partial charge in [0.05, 0.1) is 12.5 Å². The van der Waals surface area contributed by atoms with Gasteiger partial charge in [-0.1, -0.05) is 22.9 Å². The van der Waals surface area contributed by atoms with Crippen LogP contribution in [0.1, 0.15) is 13.3 Å². The zero-order chi connectivity index (χ0) is 12.0. The zero-order valence-electron chi connectivity index (χ0n) is 9.11. The molecule has 1 aliphatic heterocycles. The number of halogens is 1. The first-order valence-electron chi connectivity index (χ1n) is 5.17. The van der Waals surface area contributed by atoms with Crippen molar-refractivity contribution in [3.05, 3.63) is 0 Å². The molecule has 16 heavy (non-hydrogen) atoms. The number of carbonyl (C=O) groups excluding carboxylic acids is 2. The molecule has 1 atom stereocenters. The predicted octanol–water partition coefficient (Wildman–Crippen LogP) is 1.73. The predicted molar refractivity (Wildman–Crippen MR) is 59.3 cm³/mol. The Hall–Kier alpha value is -0.780. The van der Waals surface area contributed by atoms with Crippen LogP contribution < -0.4 is 0 Å². The van der Waals surface area contributed by atoms with Crippen molar-refractivity contribution in [2.45, 2.75) is 13.3 Å². The van der Waals surface area contributed by atoms with Crippen molar-refractivity contribution in [3.8, 4) is 0 Å². The summed E-state index contributed by atoms with van der Waals surface area (Å²) >= 11 is 3.25. The Labute approximate surface area is 103 Å². The topological polar surface area (TPSA) is 61.8 Å². The lowest BCUT2D eigenvalue weighted by Crippen LogP contribution is -2.35. The maximum absolute atomic E-state index is 11.6. The molecule has 92 valence electrons. The second-order valence-electron chi connectivity index (χ2n) is 3.63. The molecule has 1 aliphatic rings. The second kappa shape index (κ2) is 6.73. The average Bonchev–Trinajstić information content (AvgIpc) is 2.29. The van der Waals surface area contributed by atoms with E-state index in [1.807, 2.05) is 0 Å². The first-order chi connectivity index (χ1) is 7.65. The number of hydrogen-bond donors (Lipinski definition) is 0. The molecule has 0 amide bonds. The first kappa shape index (κ1) is 13.3. The van der Waals surface area contributed by atoms with E-state index in [0.717, 1.165) is 11.8 Å². The number of hydrogen-bond acceptors (Lipinski definition) is 5. The number of alkyl halides is 1. The van der Waals surface area contributed by atoms with Gasteiger partial charge in [0.15, 0.2) is 0 Å². The maximum atomic E-state index is 11.6. The van der Waals surface area contributed by atoms with E-state index in [4.69, 9.17) is 14.2 Å².